The number of carbonyl (C=O) groups is 1. The van der Waals surface area contributed by atoms with E-state index in [1.807, 2.05) is 13.8 Å². The topological polar surface area (TPSA) is 55.1 Å². The van der Waals surface area contributed by atoms with Gasteiger partial charge in [-0.2, -0.15) is 0 Å². The second kappa shape index (κ2) is 7.19. The van der Waals surface area contributed by atoms with Gasteiger partial charge in [0.2, 0.25) is 5.91 Å². The van der Waals surface area contributed by atoms with E-state index in [0.29, 0.717) is 18.8 Å². The minimum absolute atomic E-state index is 0.110. The highest BCUT2D eigenvalue weighted by atomic mass is 16.5. The lowest BCUT2D eigenvalue weighted by Gasteiger charge is -2.06. The molecular formula is C14H24N2O2. The minimum Gasteiger partial charge on any atom is -0.361 e. The molecule has 1 N–H and O–H groups in total. The molecule has 4 nitrogen and oxygen atoms in total. The summed E-state index contributed by atoms with van der Waals surface area (Å²) in [6.07, 6.45) is 3.42. The molecule has 1 aromatic heterocycles. The highest BCUT2D eigenvalue weighted by Gasteiger charge is 2.10. The monoisotopic (exact) mass is 252 g/mol. The molecule has 0 saturated heterocycles. The third-order valence-electron chi connectivity index (χ3n) is 3.06. The largest absolute Gasteiger partial charge is 0.361 e. The molecule has 1 amide bonds. The highest BCUT2D eigenvalue weighted by molar-refractivity contribution is 5.76. The number of carbonyl (C=O) groups excluding carboxylic acids is 1. The van der Waals surface area contributed by atoms with E-state index in [2.05, 4.69) is 24.3 Å². The van der Waals surface area contributed by atoms with Gasteiger partial charge >= 0.3 is 0 Å². The van der Waals surface area contributed by atoms with Gasteiger partial charge in [-0.1, -0.05) is 19.0 Å². The Hall–Kier alpha value is -1.32. The summed E-state index contributed by atoms with van der Waals surface area (Å²) in [7, 11) is 0. The molecule has 0 spiro atoms. The average Bonchev–Trinajstić information content (AvgIpc) is 2.62. The number of hydrogen-bond donors (Lipinski definition) is 1. The number of nitrogens with zero attached hydrogens (tertiary/aromatic N) is 1. The summed E-state index contributed by atoms with van der Waals surface area (Å²) in [5.41, 5.74) is 1.95. The van der Waals surface area contributed by atoms with Crippen LogP contribution in [-0.2, 0) is 11.2 Å². The number of rotatable bonds is 7. The number of aromatic nitrogens is 1. The van der Waals surface area contributed by atoms with Crippen molar-refractivity contribution in [2.24, 2.45) is 5.92 Å². The van der Waals surface area contributed by atoms with E-state index >= 15 is 0 Å². The van der Waals surface area contributed by atoms with Crippen LogP contribution in [0.3, 0.4) is 0 Å². The first-order chi connectivity index (χ1) is 8.50. The van der Waals surface area contributed by atoms with E-state index in [-0.39, 0.29) is 5.91 Å². The van der Waals surface area contributed by atoms with Crippen LogP contribution in [0.25, 0.3) is 0 Å². The van der Waals surface area contributed by atoms with Gasteiger partial charge in [0.05, 0.1) is 5.69 Å². The maximum atomic E-state index is 11.6. The standard InChI is InChI=1S/C14H24N2O2/c1-10(2)6-5-9-15-14(17)8-7-13-11(3)16-18-12(13)4/h10H,5-9H2,1-4H3,(H,15,17). The molecule has 102 valence electrons. The Morgan fingerprint density at radius 3 is 2.67 bits per heavy atom. The van der Waals surface area contributed by atoms with E-state index in [4.69, 9.17) is 4.52 Å². The maximum absolute atomic E-state index is 11.6. The number of amides is 1. The normalized spacial score (nSPS) is 10.9. The fraction of sp³-hybridized carbons (Fsp3) is 0.714. The molecule has 1 rings (SSSR count). The van der Waals surface area contributed by atoms with Crippen LogP contribution in [0.5, 0.6) is 0 Å². The molecule has 0 bridgehead atoms. The van der Waals surface area contributed by atoms with E-state index in [0.717, 1.165) is 36.4 Å². The van der Waals surface area contributed by atoms with Gasteiger partial charge in [-0.25, -0.2) is 0 Å². The molecule has 0 aliphatic heterocycles. The summed E-state index contributed by atoms with van der Waals surface area (Å²) in [4.78, 5) is 11.6. The summed E-state index contributed by atoms with van der Waals surface area (Å²) >= 11 is 0. The fourth-order valence-electron chi connectivity index (χ4n) is 1.92. The molecule has 18 heavy (non-hydrogen) atoms. The van der Waals surface area contributed by atoms with Crippen molar-refractivity contribution in [2.45, 2.75) is 53.4 Å². The molecule has 0 aliphatic rings. The van der Waals surface area contributed by atoms with Crippen molar-refractivity contribution in [3.05, 3.63) is 17.0 Å². The molecule has 0 saturated carbocycles. The van der Waals surface area contributed by atoms with Crippen LogP contribution in [-0.4, -0.2) is 17.6 Å². The molecule has 0 unspecified atom stereocenters. The van der Waals surface area contributed by atoms with Gasteiger partial charge in [-0.15, -0.1) is 0 Å². The first kappa shape index (κ1) is 14.7. The predicted octanol–water partition coefficient (Wildman–Crippen LogP) is 2.78. The zero-order valence-electron chi connectivity index (χ0n) is 11.9. The Labute approximate surface area is 109 Å². The minimum atomic E-state index is 0.110. The first-order valence-electron chi connectivity index (χ1n) is 6.69. The van der Waals surface area contributed by atoms with Crippen molar-refractivity contribution < 1.29 is 9.32 Å². The van der Waals surface area contributed by atoms with Crippen molar-refractivity contribution in [1.82, 2.24) is 10.5 Å². The highest BCUT2D eigenvalue weighted by Crippen LogP contribution is 2.14. The Morgan fingerprint density at radius 2 is 2.11 bits per heavy atom. The van der Waals surface area contributed by atoms with Crippen molar-refractivity contribution >= 4 is 5.91 Å². The summed E-state index contributed by atoms with van der Waals surface area (Å²) in [6.45, 7) is 8.96. The lowest BCUT2D eigenvalue weighted by molar-refractivity contribution is -0.121. The summed E-state index contributed by atoms with van der Waals surface area (Å²) in [5.74, 6) is 1.63. The summed E-state index contributed by atoms with van der Waals surface area (Å²) in [6, 6.07) is 0. The maximum Gasteiger partial charge on any atom is 0.220 e. The predicted molar refractivity (Wildman–Crippen MR) is 71.4 cm³/mol. The summed E-state index contributed by atoms with van der Waals surface area (Å²) in [5, 5.41) is 6.83. The SMILES string of the molecule is Cc1noc(C)c1CCC(=O)NCCCC(C)C. The number of hydrogen-bond acceptors (Lipinski definition) is 3. The van der Waals surface area contributed by atoms with Crippen molar-refractivity contribution in [1.29, 1.82) is 0 Å². The van der Waals surface area contributed by atoms with Gasteiger partial charge in [0.1, 0.15) is 5.76 Å². The zero-order valence-corrected chi connectivity index (χ0v) is 11.9. The molecule has 0 atom stereocenters. The first-order valence-corrected chi connectivity index (χ1v) is 6.69. The molecule has 0 fully saturated rings. The quantitative estimate of drug-likeness (QED) is 0.759. The van der Waals surface area contributed by atoms with Crippen LogP contribution in [0.2, 0.25) is 0 Å². The molecule has 0 aromatic carbocycles. The van der Waals surface area contributed by atoms with E-state index < -0.39 is 0 Å². The molecule has 0 aliphatic carbocycles. The Bertz CT molecular complexity index is 364. The van der Waals surface area contributed by atoms with Crippen LogP contribution in [0.1, 0.15) is 50.1 Å². The van der Waals surface area contributed by atoms with Gasteiger partial charge < -0.3 is 9.84 Å². The van der Waals surface area contributed by atoms with Crippen molar-refractivity contribution in [2.75, 3.05) is 6.54 Å². The van der Waals surface area contributed by atoms with Crippen LogP contribution in [0.15, 0.2) is 4.52 Å². The zero-order chi connectivity index (χ0) is 13.5. The lowest BCUT2D eigenvalue weighted by Crippen LogP contribution is -2.24. The number of nitrogens with one attached hydrogen (secondary N) is 1. The molecule has 0 radical (unpaired) electrons. The van der Waals surface area contributed by atoms with E-state index in [9.17, 15) is 4.79 Å². The van der Waals surface area contributed by atoms with Gasteiger partial charge in [-0.3, -0.25) is 4.79 Å². The lowest BCUT2D eigenvalue weighted by atomic mass is 10.1. The number of aryl methyl sites for hydroxylation is 2. The van der Waals surface area contributed by atoms with Crippen LogP contribution >= 0.6 is 0 Å². The third kappa shape index (κ3) is 4.90. The van der Waals surface area contributed by atoms with Crippen LogP contribution in [0, 0.1) is 19.8 Å². The van der Waals surface area contributed by atoms with Crippen molar-refractivity contribution in [3.63, 3.8) is 0 Å². The van der Waals surface area contributed by atoms with E-state index in [1.165, 1.54) is 0 Å². The van der Waals surface area contributed by atoms with Crippen LogP contribution in [0.4, 0.5) is 0 Å². The Balaban J connectivity index is 2.21. The summed E-state index contributed by atoms with van der Waals surface area (Å²) < 4.78 is 5.07. The van der Waals surface area contributed by atoms with Crippen molar-refractivity contribution in [3.8, 4) is 0 Å². The smallest absolute Gasteiger partial charge is 0.220 e. The second-order valence-electron chi connectivity index (χ2n) is 5.19. The third-order valence-corrected chi connectivity index (χ3v) is 3.06. The van der Waals surface area contributed by atoms with Crippen LogP contribution < -0.4 is 5.32 Å². The fourth-order valence-corrected chi connectivity index (χ4v) is 1.92. The van der Waals surface area contributed by atoms with Gasteiger partial charge in [0, 0.05) is 18.5 Å². The average molecular weight is 252 g/mol. The molecular weight excluding hydrogens is 228 g/mol. The van der Waals surface area contributed by atoms with Gasteiger partial charge in [0.25, 0.3) is 0 Å². The molecule has 1 aromatic rings. The van der Waals surface area contributed by atoms with E-state index in [1.54, 1.807) is 0 Å². The molecule has 1 heterocycles. The Kier molecular flexibility index (Phi) is 5.89. The van der Waals surface area contributed by atoms with Gasteiger partial charge in [0.15, 0.2) is 0 Å². The Morgan fingerprint density at radius 1 is 1.39 bits per heavy atom. The molecule has 4 heteroatoms. The second-order valence-corrected chi connectivity index (χ2v) is 5.19. The van der Waals surface area contributed by atoms with Gasteiger partial charge in [-0.05, 0) is 39.0 Å².